The highest BCUT2D eigenvalue weighted by atomic mass is 16.2. The van der Waals surface area contributed by atoms with Crippen LogP contribution >= 0.6 is 0 Å². The fourth-order valence-electron chi connectivity index (χ4n) is 3.60. The fourth-order valence-corrected chi connectivity index (χ4v) is 3.60. The van der Waals surface area contributed by atoms with Crippen molar-refractivity contribution < 1.29 is 4.79 Å². The molecule has 1 aromatic carbocycles. The summed E-state index contributed by atoms with van der Waals surface area (Å²) in [5.41, 5.74) is 3.00. The van der Waals surface area contributed by atoms with E-state index in [2.05, 4.69) is 55.2 Å². The van der Waals surface area contributed by atoms with Gasteiger partial charge < -0.3 is 11.1 Å². The van der Waals surface area contributed by atoms with Crippen LogP contribution in [0.5, 0.6) is 0 Å². The molecular weight excluding hydrogens is 296 g/mol. The van der Waals surface area contributed by atoms with E-state index in [9.17, 15) is 4.79 Å². The predicted molar refractivity (Wildman–Crippen MR) is 103 cm³/mol. The normalized spacial score (nSPS) is 18.2. The van der Waals surface area contributed by atoms with Crippen molar-refractivity contribution in [1.29, 1.82) is 0 Å². The maximum absolute atomic E-state index is 12.3. The number of carbonyl (C=O) groups excluding carboxylic acids is 1. The molecule has 1 aliphatic heterocycles. The van der Waals surface area contributed by atoms with Gasteiger partial charge >= 0.3 is 0 Å². The summed E-state index contributed by atoms with van der Waals surface area (Å²) in [6.07, 6.45) is 8.54. The van der Waals surface area contributed by atoms with E-state index < -0.39 is 0 Å². The summed E-state index contributed by atoms with van der Waals surface area (Å²) in [6, 6.07) is 8.69. The lowest BCUT2D eigenvalue weighted by Crippen LogP contribution is -2.44. The Labute approximate surface area is 147 Å². The average Bonchev–Trinajstić information content (AvgIpc) is 2.96. The first-order valence-electron chi connectivity index (χ1n) is 9.21. The summed E-state index contributed by atoms with van der Waals surface area (Å²) >= 11 is 0. The van der Waals surface area contributed by atoms with E-state index in [1.807, 2.05) is 13.8 Å². The van der Waals surface area contributed by atoms with Gasteiger partial charge in [0.2, 0.25) is 5.91 Å². The van der Waals surface area contributed by atoms with Gasteiger partial charge in [-0.15, -0.1) is 0 Å². The number of nitrogens with zero attached hydrogens (tertiary/aromatic N) is 1. The summed E-state index contributed by atoms with van der Waals surface area (Å²) in [5.74, 6) is 0.843. The number of carbonyl (C=O) groups is 1. The fraction of sp³-hybridized carbons (Fsp3) is 0.571. The van der Waals surface area contributed by atoms with Gasteiger partial charge in [0.15, 0.2) is 0 Å². The van der Waals surface area contributed by atoms with Crippen molar-refractivity contribution >= 4 is 12.0 Å². The molecule has 0 radical (unpaired) electrons. The molecule has 1 fully saturated rings. The molecule has 0 bridgehead atoms. The van der Waals surface area contributed by atoms with Crippen molar-refractivity contribution in [3.63, 3.8) is 0 Å². The molecule has 2 aliphatic rings. The highest BCUT2D eigenvalue weighted by molar-refractivity contribution is 5.77. The van der Waals surface area contributed by atoms with Crippen LogP contribution in [0.3, 0.4) is 0 Å². The number of piperidine rings is 1. The van der Waals surface area contributed by atoms with Crippen LogP contribution in [0, 0.1) is 5.92 Å². The van der Waals surface area contributed by atoms with Crippen molar-refractivity contribution in [2.24, 2.45) is 5.92 Å². The maximum atomic E-state index is 12.3. The average molecular weight is 331 g/mol. The number of allylic oxidation sites excluding steroid dienone is 1. The molecule has 3 heteroatoms. The van der Waals surface area contributed by atoms with Gasteiger partial charge in [-0.05, 0) is 29.9 Å². The monoisotopic (exact) mass is 330 g/mol. The van der Waals surface area contributed by atoms with Gasteiger partial charge in [0.05, 0.1) is 0 Å². The molecule has 1 saturated heterocycles. The molecule has 1 atom stereocenters. The second kappa shape index (κ2) is 9.03. The van der Waals surface area contributed by atoms with E-state index in [0.717, 1.165) is 32.4 Å². The van der Waals surface area contributed by atoms with E-state index in [1.54, 1.807) is 0 Å². The summed E-state index contributed by atoms with van der Waals surface area (Å²) < 4.78 is 0. The first-order chi connectivity index (χ1) is 11.1. The zero-order valence-electron chi connectivity index (χ0n) is 15.8. The minimum Gasteiger partial charge on any atom is -0.344 e. The van der Waals surface area contributed by atoms with Crippen LogP contribution in [0.4, 0.5) is 0 Å². The third-order valence-corrected chi connectivity index (χ3v) is 5.31. The van der Waals surface area contributed by atoms with Crippen molar-refractivity contribution in [3.8, 4) is 0 Å². The van der Waals surface area contributed by atoms with Gasteiger partial charge in [0.1, 0.15) is 0 Å². The van der Waals surface area contributed by atoms with Crippen LogP contribution in [0.25, 0.3) is 6.08 Å². The zero-order chi connectivity index (χ0) is 16.9. The molecule has 134 valence electrons. The molecule has 3 N–H and O–H groups in total. The van der Waals surface area contributed by atoms with Crippen molar-refractivity contribution in [2.75, 3.05) is 13.1 Å². The molecule has 24 heavy (non-hydrogen) atoms. The highest BCUT2D eigenvalue weighted by Crippen LogP contribution is 2.43. The number of likely N-dealkylation sites (tertiary alicyclic amines) is 1. The standard InChI is InChI=1S/C19H25NO.C2H6.H3N/c1-3-15(2)14-18(21)20-12-10-19(11-13-20)9-8-16-6-4-5-7-17(16)19;1-2;/h4-9,15H,3,10-14H2,1-2H3;1-2H3;1H3/t15-;;/m0../s1. The predicted octanol–water partition coefficient (Wildman–Crippen LogP) is 5.20. The van der Waals surface area contributed by atoms with E-state index in [4.69, 9.17) is 0 Å². The van der Waals surface area contributed by atoms with E-state index in [0.29, 0.717) is 18.2 Å². The first kappa shape index (κ1) is 20.4. The molecule has 0 aromatic heterocycles. The Morgan fingerprint density at radius 1 is 1.21 bits per heavy atom. The SMILES string of the molecule is CC.CC[C@H](C)CC(=O)N1CCC2(C=Cc3ccccc32)CC1.N. The Morgan fingerprint density at radius 2 is 1.83 bits per heavy atom. The minimum atomic E-state index is 0. The first-order valence-corrected chi connectivity index (χ1v) is 9.21. The third-order valence-electron chi connectivity index (χ3n) is 5.31. The van der Waals surface area contributed by atoms with Gasteiger partial charge in [0, 0.05) is 24.9 Å². The van der Waals surface area contributed by atoms with Crippen LogP contribution in [0.2, 0.25) is 0 Å². The zero-order valence-corrected chi connectivity index (χ0v) is 15.8. The van der Waals surface area contributed by atoms with Crippen molar-refractivity contribution in [1.82, 2.24) is 11.1 Å². The number of amides is 1. The Morgan fingerprint density at radius 3 is 2.46 bits per heavy atom. The smallest absolute Gasteiger partial charge is 0.222 e. The maximum Gasteiger partial charge on any atom is 0.222 e. The van der Waals surface area contributed by atoms with Gasteiger partial charge in [-0.2, -0.15) is 0 Å². The Bertz CT molecular complexity index is 557. The number of hydrogen-bond donors (Lipinski definition) is 1. The van der Waals surface area contributed by atoms with Crippen LogP contribution < -0.4 is 6.15 Å². The molecule has 1 amide bonds. The van der Waals surface area contributed by atoms with Crippen molar-refractivity contribution in [3.05, 3.63) is 41.5 Å². The highest BCUT2D eigenvalue weighted by Gasteiger charge is 2.38. The van der Waals surface area contributed by atoms with Crippen LogP contribution in [-0.2, 0) is 10.2 Å². The lowest BCUT2D eigenvalue weighted by molar-refractivity contribution is -0.133. The number of hydrogen-bond acceptors (Lipinski definition) is 2. The largest absolute Gasteiger partial charge is 0.344 e. The molecule has 1 aromatic rings. The van der Waals surface area contributed by atoms with E-state index >= 15 is 0 Å². The molecule has 0 saturated carbocycles. The second-order valence-electron chi connectivity index (χ2n) is 6.68. The third kappa shape index (κ3) is 4.07. The molecule has 1 heterocycles. The number of rotatable bonds is 3. The molecule has 3 rings (SSSR count). The lowest BCUT2D eigenvalue weighted by atomic mass is 9.74. The van der Waals surface area contributed by atoms with Gasteiger partial charge in [-0.25, -0.2) is 0 Å². The Hall–Kier alpha value is -1.61. The van der Waals surface area contributed by atoms with Crippen LogP contribution in [-0.4, -0.2) is 23.9 Å². The minimum absolute atomic E-state index is 0. The number of fused-ring (bicyclic) bond motifs is 2. The number of benzene rings is 1. The van der Waals surface area contributed by atoms with Crippen LogP contribution in [0.15, 0.2) is 30.3 Å². The van der Waals surface area contributed by atoms with Crippen LogP contribution in [0.1, 0.15) is 64.5 Å². The van der Waals surface area contributed by atoms with E-state index in [1.165, 1.54) is 11.1 Å². The van der Waals surface area contributed by atoms with E-state index in [-0.39, 0.29) is 11.6 Å². The topological polar surface area (TPSA) is 55.3 Å². The molecule has 0 unspecified atom stereocenters. The summed E-state index contributed by atoms with van der Waals surface area (Å²) in [5, 5.41) is 0. The van der Waals surface area contributed by atoms with Gasteiger partial charge in [-0.3, -0.25) is 4.79 Å². The van der Waals surface area contributed by atoms with Gasteiger partial charge in [-0.1, -0.05) is 70.5 Å². The Kier molecular flexibility index (Phi) is 7.68. The molecular formula is C21H34N2O. The van der Waals surface area contributed by atoms with Gasteiger partial charge in [0.25, 0.3) is 0 Å². The summed E-state index contributed by atoms with van der Waals surface area (Å²) in [6.45, 7) is 10.1. The Balaban J connectivity index is 0.000000925. The lowest BCUT2D eigenvalue weighted by Gasteiger charge is -2.39. The molecule has 1 spiro atoms. The molecule has 3 nitrogen and oxygen atoms in total. The summed E-state index contributed by atoms with van der Waals surface area (Å²) in [7, 11) is 0. The van der Waals surface area contributed by atoms with Crippen molar-refractivity contribution in [2.45, 2.75) is 58.8 Å². The second-order valence-corrected chi connectivity index (χ2v) is 6.68. The summed E-state index contributed by atoms with van der Waals surface area (Å²) in [4.78, 5) is 14.4. The molecule has 1 aliphatic carbocycles. The quantitative estimate of drug-likeness (QED) is 0.828.